The molecule has 3 nitrogen and oxygen atoms in total. The highest BCUT2D eigenvalue weighted by atomic mass is 35.5. The summed E-state index contributed by atoms with van der Waals surface area (Å²) in [7, 11) is 0. The fraction of sp³-hybridized carbons (Fsp3) is 0.562. The first kappa shape index (κ1) is 16.2. The molecule has 1 aliphatic carbocycles. The molecule has 1 aromatic rings. The number of amides is 1. The second-order valence-corrected chi connectivity index (χ2v) is 6.17. The van der Waals surface area contributed by atoms with Gasteiger partial charge in [-0.1, -0.05) is 12.1 Å². The SMILES string of the molecule is Cc1ccc(CNC(=O)C2CC23CCNCC3)cc1F.Cl. The minimum Gasteiger partial charge on any atom is -0.352 e. The van der Waals surface area contributed by atoms with Crippen molar-refractivity contribution in [1.82, 2.24) is 10.6 Å². The molecule has 0 radical (unpaired) electrons. The zero-order valence-corrected chi connectivity index (χ0v) is 13.1. The van der Waals surface area contributed by atoms with Crippen molar-refractivity contribution in [2.75, 3.05) is 13.1 Å². The third-order valence-corrected chi connectivity index (χ3v) is 4.81. The van der Waals surface area contributed by atoms with Crippen LogP contribution in [0, 0.1) is 24.1 Å². The van der Waals surface area contributed by atoms with E-state index in [0.717, 1.165) is 37.9 Å². The maximum absolute atomic E-state index is 13.4. The largest absolute Gasteiger partial charge is 0.352 e. The zero-order valence-electron chi connectivity index (χ0n) is 12.2. The standard InChI is InChI=1S/C16H21FN2O.ClH/c1-11-2-3-12(8-14(11)17)10-19-15(20)13-9-16(13)4-6-18-7-5-16;/h2-3,8,13,18H,4-7,9-10H2,1H3,(H,19,20);1H. The van der Waals surface area contributed by atoms with E-state index in [1.807, 2.05) is 6.07 Å². The molecule has 0 bridgehead atoms. The predicted octanol–water partition coefficient (Wildman–Crippen LogP) is 2.56. The first-order chi connectivity index (χ1) is 9.61. The third-order valence-electron chi connectivity index (χ3n) is 4.81. The average molecular weight is 313 g/mol. The summed E-state index contributed by atoms with van der Waals surface area (Å²) in [5.74, 6) is 0.0887. The second-order valence-electron chi connectivity index (χ2n) is 6.17. The van der Waals surface area contributed by atoms with Gasteiger partial charge in [-0.25, -0.2) is 4.39 Å². The Morgan fingerprint density at radius 3 is 2.81 bits per heavy atom. The van der Waals surface area contributed by atoms with Crippen molar-refractivity contribution in [1.29, 1.82) is 0 Å². The van der Waals surface area contributed by atoms with Crippen LogP contribution in [0.5, 0.6) is 0 Å². The fourth-order valence-electron chi connectivity index (χ4n) is 3.25. The van der Waals surface area contributed by atoms with Gasteiger partial charge >= 0.3 is 0 Å². The Morgan fingerprint density at radius 2 is 2.14 bits per heavy atom. The van der Waals surface area contributed by atoms with E-state index < -0.39 is 0 Å². The molecular formula is C16H22ClFN2O. The van der Waals surface area contributed by atoms with Gasteiger partial charge in [0.2, 0.25) is 5.91 Å². The summed E-state index contributed by atoms with van der Waals surface area (Å²) >= 11 is 0. The van der Waals surface area contributed by atoms with Gasteiger partial charge in [-0.2, -0.15) is 0 Å². The van der Waals surface area contributed by atoms with E-state index in [9.17, 15) is 9.18 Å². The van der Waals surface area contributed by atoms with Crippen molar-refractivity contribution in [2.45, 2.75) is 32.7 Å². The third kappa shape index (κ3) is 3.38. The molecule has 2 fully saturated rings. The number of carbonyl (C=O) groups is 1. The van der Waals surface area contributed by atoms with Gasteiger partial charge in [0, 0.05) is 12.5 Å². The van der Waals surface area contributed by atoms with Crippen LogP contribution in [0.3, 0.4) is 0 Å². The van der Waals surface area contributed by atoms with Crippen LogP contribution in [0.4, 0.5) is 4.39 Å². The maximum Gasteiger partial charge on any atom is 0.223 e. The molecule has 1 unspecified atom stereocenters. The van der Waals surface area contributed by atoms with E-state index >= 15 is 0 Å². The second kappa shape index (κ2) is 6.32. The molecule has 116 valence electrons. The minimum absolute atomic E-state index is 0. The molecule has 1 amide bonds. The number of carbonyl (C=O) groups excluding carboxylic acids is 1. The van der Waals surface area contributed by atoms with Crippen molar-refractivity contribution in [2.24, 2.45) is 11.3 Å². The lowest BCUT2D eigenvalue weighted by Gasteiger charge is -2.23. The van der Waals surface area contributed by atoms with Crippen molar-refractivity contribution in [3.63, 3.8) is 0 Å². The molecule has 5 heteroatoms. The Balaban J connectivity index is 0.00000161. The summed E-state index contributed by atoms with van der Waals surface area (Å²) in [6, 6.07) is 5.12. The number of piperidine rings is 1. The molecule has 0 aromatic heterocycles. The predicted molar refractivity (Wildman–Crippen MR) is 82.9 cm³/mol. The van der Waals surface area contributed by atoms with E-state index in [1.165, 1.54) is 6.07 Å². The van der Waals surface area contributed by atoms with Gasteiger partial charge < -0.3 is 10.6 Å². The monoisotopic (exact) mass is 312 g/mol. The minimum atomic E-state index is -0.210. The highest BCUT2D eigenvalue weighted by Crippen LogP contribution is 2.58. The van der Waals surface area contributed by atoms with Crippen LogP contribution >= 0.6 is 12.4 Å². The van der Waals surface area contributed by atoms with Gasteiger partial charge in [-0.3, -0.25) is 4.79 Å². The first-order valence-corrected chi connectivity index (χ1v) is 7.34. The molecule has 2 N–H and O–H groups in total. The Bertz CT molecular complexity index is 529. The summed E-state index contributed by atoms with van der Waals surface area (Å²) in [6.45, 7) is 4.20. The summed E-state index contributed by atoms with van der Waals surface area (Å²) in [5.41, 5.74) is 1.71. The van der Waals surface area contributed by atoms with E-state index in [4.69, 9.17) is 0 Å². The van der Waals surface area contributed by atoms with E-state index in [2.05, 4.69) is 10.6 Å². The van der Waals surface area contributed by atoms with Crippen LogP contribution in [-0.4, -0.2) is 19.0 Å². The van der Waals surface area contributed by atoms with Gasteiger partial charge in [0.25, 0.3) is 0 Å². The molecule has 1 saturated carbocycles. The molecule has 3 rings (SSSR count). The fourth-order valence-corrected chi connectivity index (χ4v) is 3.25. The number of rotatable bonds is 3. The molecule has 1 atom stereocenters. The van der Waals surface area contributed by atoms with Gasteiger partial charge in [0.15, 0.2) is 0 Å². The maximum atomic E-state index is 13.4. The quantitative estimate of drug-likeness (QED) is 0.900. The van der Waals surface area contributed by atoms with Crippen LogP contribution in [0.15, 0.2) is 18.2 Å². The summed E-state index contributed by atoms with van der Waals surface area (Å²) in [5, 5.41) is 6.29. The molecule has 1 aromatic carbocycles. The van der Waals surface area contributed by atoms with Crippen LogP contribution in [0.2, 0.25) is 0 Å². The summed E-state index contributed by atoms with van der Waals surface area (Å²) in [6.07, 6.45) is 3.22. The van der Waals surface area contributed by atoms with Crippen LogP contribution in [0.25, 0.3) is 0 Å². The molecular weight excluding hydrogens is 291 g/mol. The normalized spacial score (nSPS) is 22.5. The Labute approximate surface area is 131 Å². The van der Waals surface area contributed by atoms with E-state index in [-0.39, 0.29) is 35.5 Å². The zero-order chi connectivity index (χ0) is 14.2. The van der Waals surface area contributed by atoms with Crippen LogP contribution in [-0.2, 0) is 11.3 Å². The van der Waals surface area contributed by atoms with Gasteiger partial charge in [-0.05, 0) is 61.9 Å². The topological polar surface area (TPSA) is 41.1 Å². The number of hydrogen-bond acceptors (Lipinski definition) is 2. The number of aryl methyl sites for hydroxylation is 1. The van der Waals surface area contributed by atoms with E-state index in [0.29, 0.717) is 12.1 Å². The van der Waals surface area contributed by atoms with Gasteiger partial charge in [0.1, 0.15) is 5.82 Å². The summed E-state index contributed by atoms with van der Waals surface area (Å²) < 4.78 is 13.4. The lowest BCUT2D eigenvalue weighted by molar-refractivity contribution is -0.123. The lowest BCUT2D eigenvalue weighted by Crippen LogP contribution is -2.33. The Hall–Kier alpha value is -1.13. The number of hydrogen-bond donors (Lipinski definition) is 2. The van der Waals surface area contributed by atoms with Crippen LogP contribution in [0.1, 0.15) is 30.4 Å². The molecule has 1 spiro atoms. The molecule has 21 heavy (non-hydrogen) atoms. The number of halogens is 2. The molecule has 1 saturated heterocycles. The smallest absolute Gasteiger partial charge is 0.223 e. The Kier molecular flexibility index (Phi) is 4.89. The molecule has 1 heterocycles. The van der Waals surface area contributed by atoms with Crippen molar-refractivity contribution in [3.8, 4) is 0 Å². The number of nitrogens with one attached hydrogen (secondary N) is 2. The Morgan fingerprint density at radius 1 is 1.43 bits per heavy atom. The average Bonchev–Trinajstić information content (AvgIpc) is 3.14. The lowest BCUT2D eigenvalue weighted by atomic mass is 9.92. The van der Waals surface area contributed by atoms with E-state index in [1.54, 1.807) is 13.0 Å². The highest BCUT2D eigenvalue weighted by molar-refractivity contribution is 5.85. The van der Waals surface area contributed by atoms with Gasteiger partial charge in [-0.15, -0.1) is 12.4 Å². The summed E-state index contributed by atoms with van der Waals surface area (Å²) in [4.78, 5) is 12.2. The van der Waals surface area contributed by atoms with Gasteiger partial charge in [0.05, 0.1) is 0 Å². The molecule has 1 aliphatic heterocycles. The highest BCUT2D eigenvalue weighted by Gasteiger charge is 2.57. The molecule has 2 aliphatic rings. The van der Waals surface area contributed by atoms with Crippen LogP contribution < -0.4 is 10.6 Å². The van der Waals surface area contributed by atoms with Crippen molar-refractivity contribution in [3.05, 3.63) is 35.1 Å². The van der Waals surface area contributed by atoms with Crippen molar-refractivity contribution < 1.29 is 9.18 Å². The first-order valence-electron chi connectivity index (χ1n) is 7.34. The van der Waals surface area contributed by atoms with Crippen molar-refractivity contribution >= 4 is 18.3 Å². The number of benzene rings is 1.